The molecule has 32 heavy (non-hydrogen) atoms. The molecule has 0 aliphatic rings. The Kier molecular flexibility index (Phi) is 6.75. The van der Waals surface area contributed by atoms with Gasteiger partial charge in [0.05, 0.1) is 24.0 Å². The fourth-order valence-electron chi connectivity index (χ4n) is 3.11. The van der Waals surface area contributed by atoms with Crippen molar-refractivity contribution in [2.75, 3.05) is 13.2 Å². The molecule has 2 heterocycles. The molecule has 0 spiro atoms. The molecule has 1 aromatic carbocycles. The van der Waals surface area contributed by atoms with Gasteiger partial charge in [-0.1, -0.05) is 6.07 Å². The third kappa shape index (κ3) is 4.87. The minimum absolute atomic E-state index is 0.0171. The molecule has 170 valence electrons. The third-order valence-electron chi connectivity index (χ3n) is 4.83. The van der Waals surface area contributed by atoms with Crippen LogP contribution in [-0.2, 0) is 6.18 Å². The van der Waals surface area contributed by atoms with E-state index in [0.29, 0.717) is 6.20 Å². The van der Waals surface area contributed by atoms with Crippen LogP contribution in [0.3, 0.4) is 0 Å². The number of likely N-dealkylation sites (N-methyl/N-ethyl adjacent to an activating group) is 1. The summed E-state index contributed by atoms with van der Waals surface area (Å²) in [7, 11) is 0. The van der Waals surface area contributed by atoms with Crippen molar-refractivity contribution >= 4 is 5.91 Å². The lowest BCUT2D eigenvalue weighted by Crippen LogP contribution is -2.42. The molecular weight excluding hydrogens is 430 g/mol. The van der Waals surface area contributed by atoms with E-state index in [2.05, 4.69) is 15.2 Å². The van der Waals surface area contributed by atoms with Gasteiger partial charge in [-0.15, -0.1) is 0 Å². The lowest BCUT2D eigenvalue weighted by molar-refractivity contribution is -0.137. The molecule has 0 fully saturated rings. The fourth-order valence-corrected chi connectivity index (χ4v) is 3.11. The first-order valence-corrected chi connectivity index (χ1v) is 9.76. The summed E-state index contributed by atoms with van der Waals surface area (Å²) in [5.74, 6) is -1.28. The normalized spacial score (nSPS) is 12.5. The van der Waals surface area contributed by atoms with Crippen LogP contribution in [0.5, 0.6) is 5.88 Å². The number of carbonyl (C=O) groups excluding carboxylic acids is 1. The van der Waals surface area contributed by atoms with E-state index in [1.165, 1.54) is 23.4 Å². The molecule has 0 unspecified atom stereocenters. The van der Waals surface area contributed by atoms with Crippen molar-refractivity contribution in [1.29, 1.82) is 0 Å². The molecule has 11 heteroatoms. The number of pyridine rings is 1. The summed E-state index contributed by atoms with van der Waals surface area (Å²) in [6, 6.07) is 4.53. The van der Waals surface area contributed by atoms with Crippen LogP contribution in [0.4, 0.5) is 17.6 Å². The maximum atomic E-state index is 15.0. The molecule has 0 aliphatic carbocycles. The van der Waals surface area contributed by atoms with Gasteiger partial charge in [-0.25, -0.2) is 9.37 Å². The van der Waals surface area contributed by atoms with Crippen molar-refractivity contribution in [3.8, 4) is 11.6 Å². The van der Waals surface area contributed by atoms with Gasteiger partial charge in [0.15, 0.2) is 0 Å². The van der Waals surface area contributed by atoms with E-state index in [9.17, 15) is 22.4 Å². The quantitative estimate of drug-likeness (QED) is 0.507. The van der Waals surface area contributed by atoms with Gasteiger partial charge in [-0.2, -0.15) is 28.2 Å². The van der Waals surface area contributed by atoms with Crippen LogP contribution in [0.1, 0.15) is 35.3 Å². The van der Waals surface area contributed by atoms with Gasteiger partial charge in [0.2, 0.25) is 5.88 Å². The Labute approximate surface area is 181 Å². The number of amides is 1. The summed E-state index contributed by atoms with van der Waals surface area (Å²) in [6.07, 6.45) is -0.994. The number of halogens is 4. The van der Waals surface area contributed by atoms with Crippen LogP contribution in [0.2, 0.25) is 0 Å². The first kappa shape index (κ1) is 23.2. The van der Waals surface area contributed by atoms with Crippen molar-refractivity contribution in [2.45, 2.75) is 33.0 Å². The van der Waals surface area contributed by atoms with Crippen LogP contribution in [-0.4, -0.2) is 50.0 Å². The average molecular weight is 451 g/mol. The van der Waals surface area contributed by atoms with Crippen LogP contribution in [0, 0.1) is 12.7 Å². The van der Waals surface area contributed by atoms with E-state index in [1.54, 1.807) is 26.8 Å². The molecule has 1 amide bonds. The van der Waals surface area contributed by atoms with Crippen molar-refractivity contribution < 1.29 is 27.1 Å². The number of carbonyl (C=O) groups is 1. The topological polar surface area (TPSA) is 73.1 Å². The SMILES string of the molecule is CCN(C(=O)c1c(-n2nccn2)ccc(C)c1F)[C@@H](C)COc1ccc(C(F)(F)F)cn1. The Bertz CT molecular complexity index is 1070. The standard InChI is InChI=1S/C21H21F4N5O2/c1-4-29(14(3)12-32-17-8-6-15(11-26-17)21(23,24)25)20(31)18-16(30-27-9-10-28-30)7-5-13(2)19(18)22/h5-11,14H,4,12H2,1-3H3/t14-/m0/s1. The molecule has 3 rings (SSSR count). The third-order valence-corrected chi connectivity index (χ3v) is 4.83. The zero-order valence-corrected chi connectivity index (χ0v) is 17.6. The first-order valence-electron chi connectivity index (χ1n) is 9.76. The summed E-state index contributed by atoms with van der Waals surface area (Å²) in [5, 5.41) is 7.97. The highest BCUT2D eigenvalue weighted by Crippen LogP contribution is 2.29. The lowest BCUT2D eigenvalue weighted by atomic mass is 10.1. The highest BCUT2D eigenvalue weighted by Gasteiger charge is 2.31. The maximum absolute atomic E-state index is 15.0. The Morgan fingerprint density at radius 1 is 1.19 bits per heavy atom. The van der Waals surface area contributed by atoms with E-state index >= 15 is 0 Å². The molecule has 0 N–H and O–H groups in total. The van der Waals surface area contributed by atoms with Gasteiger partial charge in [0.1, 0.15) is 23.7 Å². The van der Waals surface area contributed by atoms with Crippen molar-refractivity contribution in [3.63, 3.8) is 0 Å². The molecule has 3 aromatic rings. The van der Waals surface area contributed by atoms with Crippen LogP contribution in [0.25, 0.3) is 5.69 Å². The molecule has 0 saturated carbocycles. The van der Waals surface area contributed by atoms with Gasteiger partial charge < -0.3 is 9.64 Å². The minimum Gasteiger partial charge on any atom is -0.475 e. The number of aryl methyl sites for hydroxylation is 1. The number of aromatic nitrogens is 4. The maximum Gasteiger partial charge on any atom is 0.417 e. The van der Waals surface area contributed by atoms with E-state index in [0.717, 1.165) is 16.9 Å². The molecule has 1 atom stereocenters. The second-order valence-corrected chi connectivity index (χ2v) is 7.04. The zero-order chi connectivity index (χ0) is 23.5. The highest BCUT2D eigenvalue weighted by atomic mass is 19.4. The van der Waals surface area contributed by atoms with E-state index in [4.69, 9.17) is 4.74 Å². The second-order valence-electron chi connectivity index (χ2n) is 7.04. The smallest absolute Gasteiger partial charge is 0.417 e. The van der Waals surface area contributed by atoms with E-state index in [1.807, 2.05) is 0 Å². The molecule has 0 aliphatic heterocycles. The van der Waals surface area contributed by atoms with Crippen molar-refractivity contribution in [2.24, 2.45) is 0 Å². The van der Waals surface area contributed by atoms with Crippen LogP contribution < -0.4 is 4.74 Å². The van der Waals surface area contributed by atoms with Crippen molar-refractivity contribution in [1.82, 2.24) is 24.9 Å². The monoisotopic (exact) mass is 451 g/mol. The predicted molar refractivity (Wildman–Crippen MR) is 107 cm³/mol. The second kappa shape index (κ2) is 9.33. The average Bonchev–Trinajstić information content (AvgIpc) is 3.29. The predicted octanol–water partition coefficient (Wildman–Crippen LogP) is 4.06. The number of hydrogen-bond acceptors (Lipinski definition) is 5. The van der Waals surface area contributed by atoms with Crippen LogP contribution >= 0.6 is 0 Å². The number of rotatable bonds is 7. The van der Waals surface area contributed by atoms with Gasteiger partial charge in [-0.3, -0.25) is 4.79 Å². The molecule has 0 saturated heterocycles. The van der Waals surface area contributed by atoms with Gasteiger partial charge in [-0.05, 0) is 38.5 Å². The van der Waals surface area contributed by atoms with E-state index in [-0.39, 0.29) is 35.8 Å². The zero-order valence-electron chi connectivity index (χ0n) is 17.6. The molecule has 0 bridgehead atoms. The summed E-state index contributed by atoms with van der Waals surface area (Å²) in [5.41, 5.74) is -0.585. The number of benzene rings is 1. The molecule has 2 aromatic heterocycles. The molecular formula is C21H21F4N5O2. The Morgan fingerprint density at radius 2 is 1.88 bits per heavy atom. The molecule has 7 nitrogen and oxygen atoms in total. The Hall–Kier alpha value is -3.50. The highest BCUT2D eigenvalue weighted by molar-refractivity contribution is 5.98. The number of alkyl halides is 3. The largest absolute Gasteiger partial charge is 0.475 e. The van der Waals surface area contributed by atoms with Gasteiger partial charge in [0, 0.05) is 18.8 Å². The van der Waals surface area contributed by atoms with Crippen molar-refractivity contribution in [3.05, 3.63) is 65.4 Å². The number of nitrogens with zero attached hydrogens (tertiary/aromatic N) is 5. The Morgan fingerprint density at radius 3 is 2.44 bits per heavy atom. The summed E-state index contributed by atoms with van der Waals surface area (Å²) < 4.78 is 58.5. The molecule has 0 radical (unpaired) electrons. The number of ether oxygens (including phenoxy) is 1. The number of hydrogen-bond donors (Lipinski definition) is 0. The minimum atomic E-state index is -4.50. The van der Waals surface area contributed by atoms with Gasteiger partial charge >= 0.3 is 6.18 Å². The Balaban J connectivity index is 1.80. The lowest BCUT2D eigenvalue weighted by Gasteiger charge is -2.29. The summed E-state index contributed by atoms with van der Waals surface area (Å²) >= 11 is 0. The first-order chi connectivity index (χ1) is 15.1. The van der Waals surface area contributed by atoms with Crippen LogP contribution in [0.15, 0.2) is 42.9 Å². The summed E-state index contributed by atoms with van der Waals surface area (Å²) in [4.78, 5) is 19.5. The fraction of sp³-hybridized carbons (Fsp3) is 0.333. The summed E-state index contributed by atoms with van der Waals surface area (Å²) in [6.45, 7) is 5.14. The van der Waals surface area contributed by atoms with Gasteiger partial charge in [0.25, 0.3) is 5.91 Å². The van der Waals surface area contributed by atoms with E-state index < -0.39 is 29.5 Å².